The number of aliphatic carboxylic acids is 1. The summed E-state index contributed by atoms with van der Waals surface area (Å²) in [5.74, 6) is -2.29. The van der Waals surface area contributed by atoms with Gasteiger partial charge in [0.1, 0.15) is 12.6 Å². The van der Waals surface area contributed by atoms with Crippen molar-refractivity contribution < 1.29 is 33.0 Å². The summed E-state index contributed by atoms with van der Waals surface area (Å²) in [6, 6.07) is 14.3. The summed E-state index contributed by atoms with van der Waals surface area (Å²) in [6.45, 7) is 3.33. The highest BCUT2D eigenvalue weighted by Gasteiger charge is 2.33. The van der Waals surface area contributed by atoms with E-state index in [4.69, 9.17) is 9.84 Å². The van der Waals surface area contributed by atoms with Crippen molar-refractivity contribution in [2.24, 2.45) is 5.41 Å². The van der Waals surface area contributed by atoms with Crippen LogP contribution in [0.1, 0.15) is 43.7 Å². The molecule has 0 saturated heterocycles. The average molecular weight is 475 g/mol. The molecule has 0 heterocycles. The van der Waals surface area contributed by atoms with Gasteiger partial charge < -0.3 is 20.5 Å². The zero-order chi connectivity index (χ0) is 24.9. The van der Waals surface area contributed by atoms with E-state index in [1.54, 1.807) is 13.8 Å². The van der Waals surface area contributed by atoms with E-state index in [1.165, 1.54) is 0 Å². The van der Waals surface area contributed by atoms with Gasteiger partial charge in [-0.25, -0.2) is 18.4 Å². The first-order valence-corrected chi connectivity index (χ1v) is 11.0. The molecule has 1 aliphatic rings. The third-order valence-electron chi connectivity index (χ3n) is 5.99. The van der Waals surface area contributed by atoms with E-state index in [9.17, 15) is 23.2 Å². The second-order valence-corrected chi connectivity index (χ2v) is 8.88. The first kappa shape index (κ1) is 25.1. The molecule has 2 aromatic rings. The molecule has 3 N–H and O–H groups in total. The number of halogens is 2. The van der Waals surface area contributed by atoms with Gasteiger partial charge in [0, 0.05) is 24.3 Å². The standard InChI is InChI=1S/C25H28F2N2O5/c1-25(2,23(32)29-20(22(30)31)13-21(26)27)11-12-28-24(33)34-14-19-17-9-5-3-7-15(17)16-8-4-6-10-18(16)19/h3-10,19-21H,11-14H2,1-2H3,(H,28,33)(H,29,32)(H,30,31). The highest BCUT2D eigenvalue weighted by molar-refractivity contribution is 5.87. The number of fused-ring (bicyclic) bond motifs is 3. The molecule has 1 atom stereocenters. The van der Waals surface area contributed by atoms with Gasteiger partial charge in [-0.15, -0.1) is 0 Å². The molecule has 0 saturated carbocycles. The van der Waals surface area contributed by atoms with Crippen LogP contribution < -0.4 is 10.6 Å². The predicted octanol–water partition coefficient (Wildman–Crippen LogP) is 4.17. The molecule has 0 aromatic heterocycles. The van der Waals surface area contributed by atoms with Crippen molar-refractivity contribution in [3.05, 3.63) is 59.7 Å². The molecular weight excluding hydrogens is 446 g/mol. The first-order chi connectivity index (χ1) is 16.1. The van der Waals surface area contributed by atoms with Crippen molar-refractivity contribution in [1.29, 1.82) is 0 Å². The Kier molecular flexibility index (Phi) is 7.86. The number of amides is 2. The van der Waals surface area contributed by atoms with Crippen LogP contribution in [0.2, 0.25) is 0 Å². The Morgan fingerprint density at radius 1 is 1.03 bits per heavy atom. The van der Waals surface area contributed by atoms with Crippen LogP contribution in [0, 0.1) is 5.41 Å². The van der Waals surface area contributed by atoms with Crippen molar-refractivity contribution in [3.63, 3.8) is 0 Å². The molecule has 0 fully saturated rings. The molecule has 0 radical (unpaired) electrons. The summed E-state index contributed by atoms with van der Waals surface area (Å²) >= 11 is 0. The van der Waals surface area contributed by atoms with Crippen LogP contribution in [0.25, 0.3) is 11.1 Å². The molecule has 9 heteroatoms. The highest BCUT2D eigenvalue weighted by atomic mass is 19.3. The fourth-order valence-corrected chi connectivity index (χ4v) is 3.99. The van der Waals surface area contributed by atoms with E-state index < -0.39 is 42.3 Å². The number of ether oxygens (including phenoxy) is 1. The number of rotatable bonds is 10. The minimum absolute atomic E-state index is 0.0804. The summed E-state index contributed by atoms with van der Waals surface area (Å²) in [5.41, 5.74) is 3.32. The SMILES string of the molecule is CC(C)(CCNC(=O)OCC1c2ccccc2-c2ccccc21)C(=O)NC(CC(F)F)C(=O)O. The van der Waals surface area contributed by atoms with Gasteiger partial charge in [-0.05, 0) is 28.7 Å². The molecule has 3 rings (SSSR count). The van der Waals surface area contributed by atoms with E-state index >= 15 is 0 Å². The summed E-state index contributed by atoms with van der Waals surface area (Å²) in [5, 5.41) is 13.8. The lowest BCUT2D eigenvalue weighted by Gasteiger charge is -2.26. The number of carbonyl (C=O) groups excluding carboxylic acids is 2. The van der Waals surface area contributed by atoms with Gasteiger partial charge in [0.05, 0.1) is 0 Å². The van der Waals surface area contributed by atoms with Gasteiger partial charge in [-0.2, -0.15) is 0 Å². The second kappa shape index (κ2) is 10.6. The smallest absolute Gasteiger partial charge is 0.407 e. The summed E-state index contributed by atoms with van der Waals surface area (Å²) in [7, 11) is 0. The Labute approximate surface area is 196 Å². The Morgan fingerprint density at radius 3 is 2.12 bits per heavy atom. The van der Waals surface area contributed by atoms with Crippen LogP contribution in [0.3, 0.4) is 0 Å². The molecule has 7 nitrogen and oxygen atoms in total. The Morgan fingerprint density at radius 2 is 1.59 bits per heavy atom. The van der Waals surface area contributed by atoms with Crippen molar-refractivity contribution in [2.75, 3.05) is 13.2 Å². The van der Waals surface area contributed by atoms with Gasteiger partial charge in [0.25, 0.3) is 0 Å². The number of carboxylic acids is 1. The quantitative estimate of drug-likeness (QED) is 0.480. The number of benzene rings is 2. The zero-order valence-electron chi connectivity index (χ0n) is 19.0. The summed E-state index contributed by atoms with van der Waals surface area (Å²) in [4.78, 5) is 35.8. The molecule has 2 amide bonds. The minimum Gasteiger partial charge on any atom is -0.480 e. The van der Waals surface area contributed by atoms with Gasteiger partial charge >= 0.3 is 12.1 Å². The van der Waals surface area contributed by atoms with E-state index in [0.717, 1.165) is 22.3 Å². The fraction of sp³-hybridized carbons (Fsp3) is 0.400. The van der Waals surface area contributed by atoms with Crippen LogP contribution in [0.5, 0.6) is 0 Å². The third-order valence-corrected chi connectivity index (χ3v) is 5.99. The van der Waals surface area contributed by atoms with Crippen molar-refractivity contribution in [2.45, 2.75) is 45.1 Å². The molecular formula is C25H28F2N2O5. The lowest BCUT2D eigenvalue weighted by atomic mass is 9.88. The van der Waals surface area contributed by atoms with Crippen LogP contribution in [0.4, 0.5) is 13.6 Å². The number of carbonyl (C=O) groups is 3. The highest BCUT2D eigenvalue weighted by Crippen LogP contribution is 2.44. The Balaban J connectivity index is 1.50. The molecule has 2 aromatic carbocycles. The van der Waals surface area contributed by atoms with E-state index in [0.29, 0.717) is 0 Å². The molecule has 0 bridgehead atoms. The average Bonchev–Trinajstić information content (AvgIpc) is 3.10. The maximum absolute atomic E-state index is 12.6. The lowest BCUT2D eigenvalue weighted by molar-refractivity contribution is -0.144. The summed E-state index contributed by atoms with van der Waals surface area (Å²) < 4.78 is 30.6. The number of nitrogens with one attached hydrogen (secondary N) is 2. The largest absolute Gasteiger partial charge is 0.480 e. The molecule has 1 unspecified atom stereocenters. The van der Waals surface area contributed by atoms with Crippen LogP contribution in [-0.4, -0.2) is 48.7 Å². The van der Waals surface area contributed by atoms with E-state index in [2.05, 4.69) is 10.6 Å². The van der Waals surface area contributed by atoms with Crippen molar-refractivity contribution >= 4 is 18.0 Å². The number of hydrogen-bond donors (Lipinski definition) is 3. The van der Waals surface area contributed by atoms with Crippen LogP contribution >= 0.6 is 0 Å². The molecule has 34 heavy (non-hydrogen) atoms. The minimum atomic E-state index is -2.86. The predicted molar refractivity (Wildman–Crippen MR) is 122 cm³/mol. The van der Waals surface area contributed by atoms with Crippen molar-refractivity contribution in [3.8, 4) is 11.1 Å². The topological polar surface area (TPSA) is 105 Å². The normalized spacial score (nSPS) is 13.7. The number of alkyl halides is 2. The van der Waals surface area contributed by atoms with Crippen LogP contribution in [-0.2, 0) is 14.3 Å². The van der Waals surface area contributed by atoms with Gasteiger partial charge in [0.2, 0.25) is 12.3 Å². The van der Waals surface area contributed by atoms with E-state index in [1.807, 2.05) is 48.5 Å². The van der Waals surface area contributed by atoms with Gasteiger partial charge in [-0.1, -0.05) is 62.4 Å². The maximum atomic E-state index is 12.6. The number of carboxylic acid groups (broad SMARTS) is 1. The van der Waals surface area contributed by atoms with E-state index in [-0.39, 0.29) is 25.5 Å². The Bertz CT molecular complexity index is 1010. The fourth-order valence-electron chi connectivity index (χ4n) is 3.99. The Hall–Kier alpha value is -3.49. The second-order valence-electron chi connectivity index (χ2n) is 8.88. The van der Waals surface area contributed by atoms with Crippen molar-refractivity contribution in [1.82, 2.24) is 10.6 Å². The molecule has 1 aliphatic carbocycles. The third kappa shape index (κ3) is 5.89. The molecule has 182 valence electrons. The van der Waals surface area contributed by atoms with Gasteiger partial charge in [-0.3, -0.25) is 4.79 Å². The summed E-state index contributed by atoms with van der Waals surface area (Å²) in [6.07, 6.45) is -4.32. The maximum Gasteiger partial charge on any atom is 0.407 e. The number of alkyl carbamates (subject to hydrolysis) is 1. The first-order valence-electron chi connectivity index (χ1n) is 11.0. The van der Waals surface area contributed by atoms with Crippen LogP contribution in [0.15, 0.2) is 48.5 Å². The van der Waals surface area contributed by atoms with Gasteiger partial charge in [0.15, 0.2) is 0 Å². The zero-order valence-corrected chi connectivity index (χ0v) is 19.0. The lowest BCUT2D eigenvalue weighted by Crippen LogP contribution is -2.48. The molecule has 0 spiro atoms. The molecule has 0 aliphatic heterocycles. The monoisotopic (exact) mass is 474 g/mol. The number of hydrogen-bond acceptors (Lipinski definition) is 4.